The van der Waals surface area contributed by atoms with Gasteiger partial charge in [0.1, 0.15) is 18.2 Å². The van der Waals surface area contributed by atoms with Gasteiger partial charge in [-0.2, -0.15) is 5.26 Å². The number of nitriles is 1. The standard InChI is InChI=1S/C23H28N6O2/c1-15(2)28-10-8-17-18(12-24)22(29-14-26-27-23(29)19(17)13-28)25-9-7-16-5-6-20(30-3)21(11-16)31-4/h5-6,11,14-15,25H,7-10,13H2,1-4H3. The second kappa shape index (κ2) is 8.82. The van der Waals surface area contributed by atoms with E-state index in [0.717, 1.165) is 54.1 Å². The molecule has 0 fully saturated rings. The zero-order valence-corrected chi connectivity index (χ0v) is 18.5. The average molecular weight is 421 g/mol. The molecule has 3 heterocycles. The Morgan fingerprint density at radius 2 is 2.00 bits per heavy atom. The van der Waals surface area contributed by atoms with Crippen LogP contribution in [0.1, 0.15) is 36.1 Å². The van der Waals surface area contributed by atoms with Crippen molar-refractivity contribution in [2.75, 3.05) is 32.6 Å². The zero-order valence-electron chi connectivity index (χ0n) is 18.5. The Hall–Kier alpha value is -3.31. The summed E-state index contributed by atoms with van der Waals surface area (Å²) in [6, 6.07) is 8.80. The molecule has 2 aromatic heterocycles. The molecule has 8 nitrogen and oxygen atoms in total. The van der Waals surface area contributed by atoms with E-state index >= 15 is 0 Å². The van der Waals surface area contributed by atoms with Gasteiger partial charge in [0.05, 0.1) is 19.8 Å². The van der Waals surface area contributed by atoms with Crippen LogP contribution in [0, 0.1) is 11.3 Å². The summed E-state index contributed by atoms with van der Waals surface area (Å²) in [4.78, 5) is 2.41. The maximum absolute atomic E-state index is 10.0. The number of aromatic nitrogens is 3. The number of nitrogens with one attached hydrogen (secondary N) is 1. The average Bonchev–Trinajstić information content (AvgIpc) is 3.28. The first kappa shape index (κ1) is 20.9. The number of rotatable bonds is 7. The zero-order chi connectivity index (χ0) is 22.0. The summed E-state index contributed by atoms with van der Waals surface area (Å²) >= 11 is 0. The molecule has 1 N–H and O–H groups in total. The predicted octanol–water partition coefficient (Wildman–Crippen LogP) is 3.04. The molecule has 0 spiro atoms. The second-order valence-corrected chi connectivity index (χ2v) is 8.00. The molecule has 0 saturated heterocycles. The van der Waals surface area contributed by atoms with E-state index in [1.807, 2.05) is 22.6 Å². The van der Waals surface area contributed by atoms with Crippen molar-refractivity contribution in [3.05, 3.63) is 46.8 Å². The minimum atomic E-state index is 0.445. The summed E-state index contributed by atoms with van der Waals surface area (Å²) in [6.45, 7) is 6.78. The van der Waals surface area contributed by atoms with Crippen LogP contribution in [-0.4, -0.2) is 52.8 Å². The number of fused-ring (bicyclic) bond motifs is 3. The van der Waals surface area contributed by atoms with Crippen molar-refractivity contribution in [3.63, 3.8) is 0 Å². The van der Waals surface area contributed by atoms with Crippen molar-refractivity contribution >= 4 is 11.5 Å². The van der Waals surface area contributed by atoms with Crippen LogP contribution in [0.5, 0.6) is 11.5 Å². The number of hydrogen-bond acceptors (Lipinski definition) is 7. The van der Waals surface area contributed by atoms with Gasteiger partial charge in [-0.05, 0) is 49.9 Å². The van der Waals surface area contributed by atoms with Gasteiger partial charge in [0.15, 0.2) is 17.1 Å². The van der Waals surface area contributed by atoms with Crippen LogP contribution in [0.25, 0.3) is 5.65 Å². The van der Waals surface area contributed by atoms with Crippen LogP contribution in [0.2, 0.25) is 0 Å². The molecule has 0 bridgehead atoms. The number of anilines is 1. The van der Waals surface area contributed by atoms with Gasteiger partial charge in [-0.1, -0.05) is 6.07 Å². The first-order valence-electron chi connectivity index (χ1n) is 10.5. The fraction of sp³-hybridized carbons (Fsp3) is 0.435. The van der Waals surface area contributed by atoms with E-state index in [1.54, 1.807) is 20.5 Å². The van der Waals surface area contributed by atoms with Crippen LogP contribution in [-0.2, 0) is 19.4 Å². The molecule has 3 aromatic rings. The topological polar surface area (TPSA) is 87.7 Å². The second-order valence-electron chi connectivity index (χ2n) is 8.00. The fourth-order valence-electron chi connectivity index (χ4n) is 4.23. The summed E-state index contributed by atoms with van der Waals surface area (Å²) < 4.78 is 12.6. The molecular weight excluding hydrogens is 392 g/mol. The van der Waals surface area contributed by atoms with E-state index in [1.165, 1.54) is 0 Å². The molecule has 31 heavy (non-hydrogen) atoms. The van der Waals surface area contributed by atoms with E-state index in [2.05, 4.69) is 40.3 Å². The minimum Gasteiger partial charge on any atom is -0.493 e. The lowest BCUT2D eigenvalue weighted by Gasteiger charge is -2.33. The predicted molar refractivity (Wildman–Crippen MR) is 119 cm³/mol. The monoisotopic (exact) mass is 420 g/mol. The van der Waals surface area contributed by atoms with E-state index in [9.17, 15) is 5.26 Å². The smallest absolute Gasteiger partial charge is 0.167 e. The van der Waals surface area contributed by atoms with Gasteiger partial charge in [-0.15, -0.1) is 10.2 Å². The summed E-state index contributed by atoms with van der Waals surface area (Å²) in [6.07, 6.45) is 3.29. The highest BCUT2D eigenvalue weighted by molar-refractivity contribution is 5.68. The highest BCUT2D eigenvalue weighted by atomic mass is 16.5. The lowest BCUT2D eigenvalue weighted by molar-refractivity contribution is 0.204. The molecule has 0 amide bonds. The lowest BCUT2D eigenvalue weighted by atomic mass is 9.95. The fourth-order valence-corrected chi connectivity index (χ4v) is 4.23. The van der Waals surface area contributed by atoms with Crippen molar-refractivity contribution in [1.29, 1.82) is 5.26 Å². The van der Waals surface area contributed by atoms with Crippen LogP contribution in [0.4, 0.5) is 5.82 Å². The summed E-state index contributed by atoms with van der Waals surface area (Å²) in [5.41, 5.74) is 4.84. The van der Waals surface area contributed by atoms with Crippen LogP contribution in [0.15, 0.2) is 24.5 Å². The van der Waals surface area contributed by atoms with E-state index in [0.29, 0.717) is 29.6 Å². The maximum atomic E-state index is 10.0. The number of benzene rings is 1. The number of pyridine rings is 1. The summed E-state index contributed by atoms with van der Waals surface area (Å²) in [5, 5.41) is 22.0. The van der Waals surface area contributed by atoms with Gasteiger partial charge >= 0.3 is 0 Å². The number of hydrogen-bond donors (Lipinski definition) is 1. The highest BCUT2D eigenvalue weighted by Gasteiger charge is 2.27. The van der Waals surface area contributed by atoms with Gasteiger partial charge in [0.2, 0.25) is 0 Å². The molecule has 1 aliphatic heterocycles. The Balaban J connectivity index is 1.61. The van der Waals surface area contributed by atoms with Gasteiger partial charge in [-0.25, -0.2) is 0 Å². The first-order valence-corrected chi connectivity index (χ1v) is 10.5. The van der Waals surface area contributed by atoms with E-state index in [-0.39, 0.29) is 0 Å². The van der Waals surface area contributed by atoms with Crippen molar-refractivity contribution in [3.8, 4) is 17.6 Å². The Morgan fingerprint density at radius 1 is 1.19 bits per heavy atom. The molecule has 162 valence electrons. The first-order chi connectivity index (χ1) is 15.1. The third-order valence-corrected chi connectivity index (χ3v) is 5.97. The summed E-state index contributed by atoms with van der Waals surface area (Å²) in [5.74, 6) is 2.18. The van der Waals surface area contributed by atoms with E-state index in [4.69, 9.17) is 9.47 Å². The molecule has 0 unspecified atom stereocenters. The number of nitrogens with zero attached hydrogens (tertiary/aromatic N) is 5. The molecule has 1 aromatic carbocycles. The molecule has 1 aliphatic rings. The number of methoxy groups -OCH3 is 2. The maximum Gasteiger partial charge on any atom is 0.167 e. The van der Waals surface area contributed by atoms with Gasteiger partial charge in [0.25, 0.3) is 0 Å². The molecule has 0 aliphatic carbocycles. The molecule has 0 atom stereocenters. The minimum absolute atomic E-state index is 0.445. The molecule has 8 heteroatoms. The lowest BCUT2D eigenvalue weighted by Crippen LogP contribution is -2.36. The highest BCUT2D eigenvalue weighted by Crippen LogP contribution is 2.32. The third-order valence-electron chi connectivity index (χ3n) is 5.97. The van der Waals surface area contributed by atoms with Crippen LogP contribution < -0.4 is 14.8 Å². The van der Waals surface area contributed by atoms with E-state index < -0.39 is 0 Å². The molecular formula is C23H28N6O2. The van der Waals surface area contributed by atoms with Crippen molar-refractivity contribution in [2.24, 2.45) is 0 Å². The van der Waals surface area contributed by atoms with Gasteiger partial charge in [-0.3, -0.25) is 9.30 Å². The largest absolute Gasteiger partial charge is 0.493 e. The van der Waals surface area contributed by atoms with Crippen molar-refractivity contribution < 1.29 is 9.47 Å². The SMILES string of the molecule is COc1ccc(CCNc2c(C#N)c3c(c4nncn24)CN(C(C)C)CC3)cc1OC. The number of ether oxygens (including phenoxy) is 2. The Morgan fingerprint density at radius 3 is 2.71 bits per heavy atom. The van der Waals surface area contributed by atoms with Crippen molar-refractivity contribution in [1.82, 2.24) is 19.5 Å². The molecule has 4 rings (SSSR count). The van der Waals surface area contributed by atoms with Crippen LogP contribution in [0.3, 0.4) is 0 Å². The van der Waals surface area contributed by atoms with Gasteiger partial charge in [0, 0.05) is 31.2 Å². The van der Waals surface area contributed by atoms with Crippen LogP contribution >= 0.6 is 0 Å². The Labute approximate surface area is 182 Å². The third kappa shape index (κ3) is 3.89. The molecule has 0 saturated carbocycles. The normalized spacial score (nSPS) is 13.8. The molecule has 0 radical (unpaired) electrons. The quantitative estimate of drug-likeness (QED) is 0.628. The van der Waals surface area contributed by atoms with Crippen molar-refractivity contribution in [2.45, 2.75) is 39.3 Å². The Kier molecular flexibility index (Phi) is 5.96. The Bertz CT molecular complexity index is 1130. The van der Waals surface area contributed by atoms with Gasteiger partial charge < -0.3 is 14.8 Å². The summed E-state index contributed by atoms with van der Waals surface area (Å²) in [7, 11) is 3.26.